The van der Waals surface area contributed by atoms with Crippen LogP contribution in [0.25, 0.3) is 0 Å². The topological polar surface area (TPSA) is 47.3 Å². The van der Waals surface area contributed by atoms with Gasteiger partial charge in [0.15, 0.2) is 0 Å². The van der Waals surface area contributed by atoms with E-state index in [0.717, 1.165) is 11.3 Å². The molecule has 1 unspecified atom stereocenters. The Morgan fingerprint density at radius 2 is 2.25 bits per heavy atom. The van der Waals surface area contributed by atoms with E-state index in [1.165, 1.54) is 0 Å². The Bertz CT molecular complexity index is 479. The fraction of sp³-hybridized carbons (Fsp3) is 0.250. The lowest BCUT2D eigenvalue weighted by atomic mass is 10.1. The van der Waals surface area contributed by atoms with Crippen LogP contribution in [0.15, 0.2) is 36.7 Å². The molecule has 84 valence electrons. The van der Waals surface area contributed by atoms with Crippen molar-refractivity contribution in [3.8, 4) is 5.75 Å². The van der Waals surface area contributed by atoms with E-state index in [2.05, 4.69) is 4.98 Å². The molecular formula is C12H14N2O2. The van der Waals surface area contributed by atoms with Gasteiger partial charge in [-0.2, -0.15) is 0 Å². The first-order valence-electron chi connectivity index (χ1n) is 5.01. The fourth-order valence-electron chi connectivity index (χ4n) is 1.60. The van der Waals surface area contributed by atoms with Crippen LogP contribution in [0.3, 0.4) is 0 Å². The molecule has 0 aliphatic rings. The molecule has 1 heterocycles. The van der Waals surface area contributed by atoms with Crippen LogP contribution in [-0.4, -0.2) is 21.8 Å². The molecule has 0 spiro atoms. The van der Waals surface area contributed by atoms with Gasteiger partial charge in [0.2, 0.25) is 0 Å². The molecule has 1 aromatic carbocycles. The molecule has 4 nitrogen and oxygen atoms in total. The van der Waals surface area contributed by atoms with Gasteiger partial charge in [-0.3, -0.25) is 0 Å². The van der Waals surface area contributed by atoms with E-state index in [-0.39, 0.29) is 0 Å². The van der Waals surface area contributed by atoms with Crippen molar-refractivity contribution < 1.29 is 9.84 Å². The SMILES string of the molecule is COc1cccc(C(O)c2nccn2C)c1. The average molecular weight is 218 g/mol. The Kier molecular flexibility index (Phi) is 2.92. The predicted molar refractivity (Wildman–Crippen MR) is 60.3 cm³/mol. The summed E-state index contributed by atoms with van der Waals surface area (Å²) in [5.74, 6) is 1.35. The molecule has 0 aliphatic heterocycles. The largest absolute Gasteiger partial charge is 0.497 e. The van der Waals surface area contributed by atoms with Crippen molar-refractivity contribution in [3.05, 3.63) is 48.0 Å². The number of nitrogens with zero attached hydrogens (tertiary/aromatic N) is 2. The van der Waals surface area contributed by atoms with Gasteiger partial charge in [0.25, 0.3) is 0 Å². The van der Waals surface area contributed by atoms with Crippen LogP contribution in [0.2, 0.25) is 0 Å². The molecule has 2 aromatic rings. The maximum absolute atomic E-state index is 10.1. The van der Waals surface area contributed by atoms with E-state index in [9.17, 15) is 5.11 Å². The van der Waals surface area contributed by atoms with E-state index in [1.807, 2.05) is 25.2 Å². The van der Waals surface area contributed by atoms with E-state index >= 15 is 0 Å². The van der Waals surface area contributed by atoms with Crippen LogP contribution in [-0.2, 0) is 7.05 Å². The summed E-state index contributed by atoms with van der Waals surface area (Å²) in [5.41, 5.74) is 0.772. The Morgan fingerprint density at radius 1 is 1.44 bits per heavy atom. The summed E-state index contributed by atoms with van der Waals surface area (Å²) in [5, 5.41) is 10.1. The third-order valence-electron chi connectivity index (χ3n) is 2.51. The summed E-state index contributed by atoms with van der Waals surface area (Å²) in [6.07, 6.45) is 2.74. The first kappa shape index (κ1) is 10.7. The van der Waals surface area contributed by atoms with E-state index in [0.29, 0.717) is 5.82 Å². The molecule has 1 atom stereocenters. The second-order valence-electron chi connectivity index (χ2n) is 3.58. The maximum atomic E-state index is 10.1. The Balaban J connectivity index is 2.33. The number of imidazole rings is 1. The second-order valence-corrected chi connectivity index (χ2v) is 3.58. The van der Waals surface area contributed by atoms with Crippen LogP contribution in [0, 0.1) is 0 Å². The standard InChI is InChI=1S/C12H14N2O2/c1-14-7-6-13-12(14)11(15)9-4-3-5-10(8-9)16-2/h3-8,11,15H,1-2H3. The van der Waals surface area contributed by atoms with Crippen molar-refractivity contribution in [1.29, 1.82) is 0 Å². The molecule has 0 bridgehead atoms. The maximum Gasteiger partial charge on any atom is 0.142 e. The van der Waals surface area contributed by atoms with Gasteiger partial charge in [-0.15, -0.1) is 0 Å². The van der Waals surface area contributed by atoms with Crippen molar-refractivity contribution in [2.45, 2.75) is 6.10 Å². The lowest BCUT2D eigenvalue weighted by molar-refractivity contribution is 0.206. The summed E-state index contributed by atoms with van der Waals surface area (Å²) in [6.45, 7) is 0. The second kappa shape index (κ2) is 4.37. The van der Waals surface area contributed by atoms with Gasteiger partial charge in [-0.25, -0.2) is 4.98 Å². The summed E-state index contributed by atoms with van der Waals surface area (Å²) in [4.78, 5) is 4.12. The highest BCUT2D eigenvalue weighted by molar-refractivity contribution is 5.32. The van der Waals surface area contributed by atoms with Gasteiger partial charge < -0.3 is 14.4 Å². The highest BCUT2D eigenvalue weighted by Crippen LogP contribution is 2.23. The fourth-order valence-corrected chi connectivity index (χ4v) is 1.60. The van der Waals surface area contributed by atoms with Gasteiger partial charge >= 0.3 is 0 Å². The molecule has 0 amide bonds. The zero-order valence-corrected chi connectivity index (χ0v) is 9.29. The van der Waals surface area contributed by atoms with E-state index in [4.69, 9.17) is 4.74 Å². The molecule has 0 saturated heterocycles. The van der Waals surface area contributed by atoms with Crippen LogP contribution in [0.1, 0.15) is 17.5 Å². The van der Waals surface area contributed by atoms with Gasteiger partial charge in [-0.05, 0) is 17.7 Å². The lowest BCUT2D eigenvalue weighted by Crippen LogP contribution is -2.06. The third-order valence-corrected chi connectivity index (χ3v) is 2.51. The average Bonchev–Trinajstić information content (AvgIpc) is 2.74. The zero-order valence-electron chi connectivity index (χ0n) is 9.29. The molecule has 1 N–H and O–H groups in total. The molecular weight excluding hydrogens is 204 g/mol. The van der Waals surface area contributed by atoms with Crippen molar-refractivity contribution in [3.63, 3.8) is 0 Å². The van der Waals surface area contributed by atoms with Crippen molar-refractivity contribution in [2.24, 2.45) is 7.05 Å². The Morgan fingerprint density at radius 3 is 2.88 bits per heavy atom. The number of aromatic nitrogens is 2. The first-order valence-corrected chi connectivity index (χ1v) is 5.01. The molecule has 1 aromatic heterocycles. The summed E-state index contributed by atoms with van der Waals surface area (Å²) < 4.78 is 6.91. The minimum atomic E-state index is -0.727. The summed E-state index contributed by atoms with van der Waals surface area (Å²) in [6, 6.07) is 7.34. The summed E-state index contributed by atoms with van der Waals surface area (Å²) >= 11 is 0. The molecule has 2 rings (SSSR count). The highest BCUT2D eigenvalue weighted by Gasteiger charge is 2.14. The monoisotopic (exact) mass is 218 g/mol. The number of aliphatic hydroxyl groups is 1. The minimum Gasteiger partial charge on any atom is -0.497 e. The quantitative estimate of drug-likeness (QED) is 0.849. The van der Waals surface area contributed by atoms with Crippen molar-refractivity contribution in [2.75, 3.05) is 7.11 Å². The van der Waals surface area contributed by atoms with Crippen LogP contribution < -0.4 is 4.74 Å². The Labute approximate surface area is 94.1 Å². The molecule has 0 radical (unpaired) electrons. The normalized spacial score (nSPS) is 12.4. The number of aliphatic hydroxyl groups excluding tert-OH is 1. The van der Waals surface area contributed by atoms with Gasteiger partial charge in [-0.1, -0.05) is 12.1 Å². The number of hydrogen-bond donors (Lipinski definition) is 1. The van der Waals surface area contributed by atoms with Crippen LogP contribution in [0.5, 0.6) is 5.75 Å². The van der Waals surface area contributed by atoms with E-state index in [1.54, 1.807) is 30.1 Å². The Hall–Kier alpha value is -1.81. The molecule has 0 fully saturated rings. The number of ether oxygens (including phenoxy) is 1. The predicted octanol–water partition coefficient (Wildman–Crippen LogP) is 1.51. The number of methoxy groups -OCH3 is 1. The van der Waals surface area contributed by atoms with Gasteiger partial charge in [0, 0.05) is 19.4 Å². The molecule has 0 aliphatic carbocycles. The first-order chi connectivity index (χ1) is 7.72. The summed E-state index contributed by atoms with van der Waals surface area (Å²) in [7, 11) is 3.46. The third kappa shape index (κ3) is 1.92. The number of benzene rings is 1. The lowest BCUT2D eigenvalue weighted by Gasteiger charge is -2.11. The van der Waals surface area contributed by atoms with Crippen LogP contribution >= 0.6 is 0 Å². The van der Waals surface area contributed by atoms with Crippen LogP contribution in [0.4, 0.5) is 0 Å². The smallest absolute Gasteiger partial charge is 0.142 e. The van der Waals surface area contributed by atoms with Gasteiger partial charge in [0.1, 0.15) is 17.7 Å². The molecule has 4 heteroatoms. The minimum absolute atomic E-state index is 0.619. The number of rotatable bonds is 3. The zero-order chi connectivity index (χ0) is 11.5. The van der Waals surface area contributed by atoms with Crippen molar-refractivity contribution in [1.82, 2.24) is 9.55 Å². The van der Waals surface area contributed by atoms with E-state index < -0.39 is 6.10 Å². The highest BCUT2D eigenvalue weighted by atomic mass is 16.5. The molecule has 0 saturated carbocycles. The van der Waals surface area contributed by atoms with Gasteiger partial charge in [0.05, 0.1) is 7.11 Å². The molecule has 16 heavy (non-hydrogen) atoms. The number of hydrogen-bond acceptors (Lipinski definition) is 3. The number of aryl methyl sites for hydroxylation is 1. The van der Waals surface area contributed by atoms with Crippen molar-refractivity contribution >= 4 is 0 Å².